The fourth-order valence-electron chi connectivity index (χ4n) is 1.95. The molecule has 0 bridgehead atoms. The Hall–Kier alpha value is -2.57. The van der Waals surface area contributed by atoms with Crippen LogP contribution in [-0.2, 0) is 21.0 Å². The van der Waals surface area contributed by atoms with Crippen molar-refractivity contribution < 1.29 is 19.2 Å². The number of benzene rings is 2. The van der Waals surface area contributed by atoms with Crippen LogP contribution in [0.5, 0.6) is 0 Å². The number of halogens is 2. The fraction of sp³-hybridized carbons (Fsp3) is 0.167. The molecule has 6 nitrogen and oxygen atoms in total. The third-order valence-electron chi connectivity index (χ3n) is 3.30. The molecule has 1 atom stereocenters. The molecule has 0 aromatic heterocycles. The molecular formula is C18H16Cl2N2O4. The van der Waals surface area contributed by atoms with E-state index in [9.17, 15) is 9.59 Å². The first-order chi connectivity index (χ1) is 12.5. The van der Waals surface area contributed by atoms with Gasteiger partial charge in [-0.1, -0.05) is 52.6 Å². The van der Waals surface area contributed by atoms with Crippen LogP contribution >= 0.6 is 23.2 Å². The molecule has 0 spiro atoms. The number of hydrogen-bond donors (Lipinski definition) is 1. The molecule has 8 heteroatoms. The van der Waals surface area contributed by atoms with Crippen LogP contribution < -0.4 is 5.32 Å². The minimum absolute atomic E-state index is 0.0764. The highest BCUT2D eigenvalue weighted by Crippen LogP contribution is 2.21. The van der Waals surface area contributed by atoms with Gasteiger partial charge in [0.15, 0.2) is 6.04 Å². The lowest BCUT2D eigenvalue weighted by Gasteiger charge is -2.12. The molecular weight excluding hydrogens is 379 g/mol. The smallest absolute Gasteiger partial charge is 0.334 e. The van der Waals surface area contributed by atoms with Crippen molar-refractivity contribution in [1.82, 2.24) is 5.32 Å². The molecule has 0 fully saturated rings. The van der Waals surface area contributed by atoms with E-state index in [1.165, 1.54) is 7.11 Å². The third-order valence-corrected chi connectivity index (χ3v) is 3.88. The van der Waals surface area contributed by atoms with E-state index in [2.05, 4.69) is 15.2 Å². The van der Waals surface area contributed by atoms with E-state index in [1.54, 1.807) is 48.5 Å². The number of esters is 1. The van der Waals surface area contributed by atoms with Crippen LogP contribution in [0.1, 0.15) is 15.9 Å². The van der Waals surface area contributed by atoms with Gasteiger partial charge in [-0.15, -0.1) is 0 Å². The molecule has 0 heterocycles. The lowest BCUT2D eigenvalue weighted by molar-refractivity contribution is -0.140. The number of rotatable bonds is 7. The summed E-state index contributed by atoms with van der Waals surface area (Å²) in [5.41, 5.74) is 1.08. The van der Waals surface area contributed by atoms with E-state index in [0.29, 0.717) is 21.2 Å². The number of methoxy groups -OCH3 is 1. The Labute approximate surface area is 160 Å². The van der Waals surface area contributed by atoms with E-state index in [1.807, 2.05) is 0 Å². The Balaban J connectivity index is 1.97. The number of hydrogen-bond acceptors (Lipinski definition) is 5. The molecule has 2 aromatic carbocycles. The van der Waals surface area contributed by atoms with E-state index >= 15 is 0 Å². The molecule has 0 aliphatic rings. The maximum absolute atomic E-state index is 12.2. The summed E-state index contributed by atoms with van der Waals surface area (Å²) < 4.78 is 4.66. The molecule has 1 amide bonds. The predicted octanol–water partition coefficient (Wildman–Crippen LogP) is 3.47. The van der Waals surface area contributed by atoms with Crippen LogP contribution in [0.15, 0.2) is 53.7 Å². The van der Waals surface area contributed by atoms with Gasteiger partial charge in [0.2, 0.25) is 0 Å². The minimum atomic E-state index is -1.09. The number of nitrogens with one attached hydrogen (secondary N) is 1. The summed E-state index contributed by atoms with van der Waals surface area (Å²) >= 11 is 11.9. The second-order valence-corrected chi connectivity index (χ2v) is 5.95. The molecule has 2 rings (SSSR count). The highest BCUT2D eigenvalue weighted by Gasteiger charge is 2.20. The maximum Gasteiger partial charge on any atom is 0.334 e. The molecule has 0 aliphatic carbocycles. The van der Waals surface area contributed by atoms with E-state index in [4.69, 9.17) is 28.0 Å². The summed E-state index contributed by atoms with van der Waals surface area (Å²) in [4.78, 5) is 29.1. The van der Waals surface area contributed by atoms with Gasteiger partial charge in [-0.25, -0.2) is 4.79 Å². The Morgan fingerprint density at radius 3 is 2.58 bits per heavy atom. The lowest BCUT2D eigenvalue weighted by Crippen LogP contribution is -2.42. The van der Waals surface area contributed by atoms with Gasteiger partial charge >= 0.3 is 5.97 Å². The number of oxime groups is 1. The van der Waals surface area contributed by atoms with Gasteiger partial charge < -0.3 is 14.9 Å². The van der Waals surface area contributed by atoms with Crippen molar-refractivity contribution in [3.63, 3.8) is 0 Å². The number of carbonyl (C=O) groups excluding carboxylic acids is 2. The van der Waals surface area contributed by atoms with Crippen LogP contribution in [0.25, 0.3) is 0 Å². The zero-order valence-electron chi connectivity index (χ0n) is 13.8. The van der Waals surface area contributed by atoms with Gasteiger partial charge in [0.25, 0.3) is 5.91 Å². The van der Waals surface area contributed by atoms with Crippen molar-refractivity contribution in [3.05, 3.63) is 69.7 Å². The average molecular weight is 395 g/mol. The SMILES string of the molecule is COC(=O)C(/C=N/OCc1ccc(Cl)cc1Cl)NC(=O)c1ccccc1. The zero-order valence-corrected chi connectivity index (χ0v) is 15.3. The molecule has 0 radical (unpaired) electrons. The molecule has 0 aliphatic heterocycles. The second kappa shape index (κ2) is 9.79. The van der Waals surface area contributed by atoms with Crippen molar-refractivity contribution in [2.75, 3.05) is 7.11 Å². The molecule has 136 valence electrons. The third kappa shape index (κ3) is 5.75. The first kappa shape index (κ1) is 19.8. The number of carbonyl (C=O) groups is 2. The van der Waals surface area contributed by atoms with Gasteiger partial charge in [0, 0.05) is 21.2 Å². The quantitative estimate of drug-likeness (QED) is 0.443. The van der Waals surface area contributed by atoms with Crippen molar-refractivity contribution in [2.45, 2.75) is 12.6 Å². The monoisotopic (exact) mass is 394 g/mol. The summed E-state index contributed by atoms with van der Waals surface area (Å²) in [7, 11) is 1.21. The number of amides is 1. The minimum Gasteiger partial charge on any atom is -0.467 e. The summed E-state index contributed by atoms with van der Waals surface area (Å²) in [5, 5.41) is 7.18. The zero-order chi connectivity index (χ0) is 18.9. The van der Waals surface area contributed by atoms with Crippen molar-refractivity contribution in [1.29, 1.82) is 0 Å². The summed E-state index contributed by atoms with van der Waals surface area (Å²) in [6, 6.07) is 12.3. The molecule has 2 aromatic rings. The molecule has 0 saturated heterocycles. The Morgan fingerprint density at radius 1 is 1.19 bits per heavy atom. The standard InChI is InChI=1S/C18H16Cl2N2O4/c1-25-18(24)16(22-17(23)12-5-3-2-4-6-12)10-21-26-11-13-7-8-14(19)9-15(13)20/h2-10,16H,11H2,1H3,(H,22,23)/b21-10+. The van der Waals surface area contributed by atoms with Gasteiger partial charge in [0.1, 0.15) is 6.61 Å². The molecule has 1 N–H and O–H groups in total. The van der Waals surface area contributed by atoms with Gasteiger partial charge in [-0.2, -0.15) is 0 Å². The molecule has 26 heavy (non-hydrogen) atoms. The average Bonchev–Trinajstić information content (AvgIpc) is 2.65. The molecule has 1 unspecified atom stereocenters. The topological polar surface area (TPSA) is 77.0 Å². The van der Waals surface area contributed by atoms with E-state index < -0.39 is 17.9 Å². The van der Waals surface area contributed by atoms with Gasteiger partial charge in [-0.3, -0.25) is 4.79 Å². The maximum atomic E-state index is 12.2. The van der Waals surface area contributed by atoms with Crippen LogP contribution in [0.2, 0.25) is 10.0 Å². The van der Waals surface area contributed by atoms with Crippen LogP contribution in [-0.4, -0.2) is 31.2 Å². The first-order valence-electron chi connectivity index (χ1n) is 7.54. The highest BCUT2D eigenvalue weighted by atomic mass is 35.5. The summed E-state index contributed by atoms with van der Waals surface area (Å²) in [5.74, 6) is -1.11. The largest absolute Gasteiger partial charge is 0.467 e. The van der Waals surface area contributed by atoms with Crippen LogP contribution in [0.3, 0.4) is 0 Å². The summed E-state index contributed by atoms with van der Waals surface area (Å²) in [6.07, 6.45) is 1.15. The summed E-state index contributed by atoms with van der Waals surface area (Å²) in [6.45, 7) is 0.0764. The van der Waals surface area contributed by atoms with Gasteiger partial charge in [-0.05, 0) is 24.3 Å². The number of nitrogens with zero attached hydrogens (tertiary/aromatic N) is 1. The first-order valence-corrected chi connectivity index (χ1v) is 8.30. The second-order valence-electron chi connectivity index (χ2n) is 5.10. The number of ether oxygens (including phenoxy) is 1. The van der Waals surface area contributed by atoms with E-state index in [-0.39, 0.29) is 6.61 Å². The van der Waals surface area contributed by atoms with Crippen molar-refractivity contribution >= 4 is 41.3 Å². The van der Waals surface area contributed by atoms with E-state index in [0.717, 1.165) is 6.21 Å². The Bertz CT molecular complexity index is 797. The lowest BCUT2D eigenvalue weighted by atomic mass is 10.2. The highest BCUT2D eigenvalue weighted by molar-refractivity contribution is 6.35. The molecule has 0 saturated carbocycles. The van der Waals surface area contributed by atoms with Crippen LogP contribution in [0.4, 0.5) is 0 Å². The van der Waals surface area contributed by atoms with Crippen molar-refractivity contribution in [2.24, 2.45) is 5.16 Å². The van der Waals surface area contributed by atoms with Crippen molar-refractivity contribution in [3.8, 4) is 0 Å². The Kier molecular flexibility index (Phi) is 7.44. The van der Waals surface area contributed by atoms with Crippen LogP contribution in [0, 0.1) is 0 Å². The predicted molar refractivity (Wildman–Crippen MR) is 99.5 cm³/mol. The van der Waals surface area contributed by atoms with Gasteiger partial charge in [0.05, 0.1) is 13.3 Å². The fourth-order valence-corrected chi connectivity index (χ4v) is 2.41. The Morgan fingerprint density at radius 2 is 1.92 bits per heavy atom. The normalized spacial score (nSPS) is 11.8.